The third-order valence-corrected chi connectivity index (χ3v) is 7.25. The molecule has 230 valence electrons. The van der Waals surface area contributed by atoms with Gasteiger partial charge < -0.3 is 14.2 Å². The zero-order chi connectivity index (χ0) is 32.1. The van der Waals surface area contributed by atoms with Gasteiger partial charge in [-0.2, -0.15) is 0 Å². The lowest BCUT2D eigenvalue weighted by Gasteiger charge is -2.24. The number of sulfonamides is 1. The fourth-order valence-corrected chi connectivity index (χ4v) is 5.10. The summed E-state index contributed by atoms with van der Waals surface area (Å²) in [6.07, 6.45) is 5.97. The standard InChI is InChI=1S/C33H35N3O7S/c1-33(2,3)28-17-24(27-19-34-32(35-30(27)37)43-20-21-10-8-7-9-11-21)16-23(29(28)41-4)13-12-22-14-15-25(36-44(6,39)40)18-26(22)31(38)42-5/h7-19,36H,20H2,1-6H3,(H,34,35,37). The molecule has 0 aliphatic heterocycles. The van der Waals surface area contributed by atoms with Crippen molar-refractivity contribution in [1.29, 1.82) is 0 Å². The molecule has 0 spiro atoms. The zero-order valence-electron chi connectivity index (χ0n) is 25.4. The quantitative estimate of drug-likeness (QED) is 0.172. The number of ether oxygens (including phenoxy) is 3. The molecule has 4 rings (SSSR count). The third kappa shape index (κ3) is 7.93. The zero-order valence-corrected chi connectivity index (χ0v) is 26.2. The van der Waals surface area contributed by atoms with Crippen LogP contribution in [-0.2, 0) is 26.8 Å². The lowest BCUT2D eigenvalue weighted by Crippen LogP contribution is -2.16. The molecule has 3 aromatic carbocycles. The Morgan fingerprint density at radius 3 is 2.32 bits per heavy atom. The minimum absolute atomic E-state index is 0.108. The van der Waals surface area contributed by atoms with Crippen LogP contribution >= 0.6 is 0 Å². The normalized spacial score (nSPS) is 11.8. The van der Waals surface area contributed by atoms with Crippen LogP contribution < -0.4 is 19.8 Å². The van der Waals surface area contributed by atoms with Crippen molar-refractivity contribution in [3.05, 3.63) is 105 Å². The van der Waals surface area contributed by atoms with Crippen LogP contribution in [0.3, 0.4) is 0 Å². The van der Waals surface area contributed by atoms with E-state index in [-0.39, 0.29) is 34.8 Å². The number of methoxy groups -OCH3 is 2. The Bertz CT molecular complexity index is 1860. The van der Waals surface area contributed by atoms with Crippen LogP contribution in [0.2, 0.25) is 0 Å². The summed E-state index contributed by atoms with van der Waals surface area (Å²) in [5, 5.41) is 0. The first-order valence-corrected chi connectivity index (χ1v) is 15.6. The molecule has 0 radical (unpaired) electrons. The Kier molecular flexibility index (Phi) is 9.59. The number of aromatic nitrogens is 2. The van der Waals surface area contributed by atoms with Crippen molar-refractivity contribution in [3.8, 4) is 22.9 Å². The number of nitrogens with one attached hydrogen (secondary N) is 2. The monoisotopic (exact) mass is 617 g/mol. The number of esters is 1. The van der Waals surface area contributed by atoms with E-state index >= 15 is 0 Å². The Morgan fingerprint density at radius 1 is 1.00 bits per heavy atom. The second-order valence-corrected chi connectivity index (χ2v) is 12.9. The lowest BCUT2D eigenvalue weighted by molar-refractivity contribution is 0.0600. The van der Waals surface area contributed by atoms with Crippen molar-refractivity contribution >= 4 is 33.8 Å². The van der Waals surface area contributed by atoms with E-state index in [1.54, 1.807) is 37.5 Å². The summed E-state index contributed by atoms with van der Waals surface area (Å²) in [5.41, 5.74) is 3.53. The molecule has 10 nitrogen and oxygen atoms in total. The predicted octanol–water partition coefficient (Wildman–Crippen LogP) is 5.65. The van der Waals surface area contributed by atoms with Gasteiger partial charge in [0.05, 0.1) is 31.6 Å². The largest absolute Gasteiger partial charge is 0.496 e. The molecule has 1 heterocycles. The minimum Gasteiger partial charge on any atom is -0.496 e. The van der Waals surface area contributed by atoms with Gasteiger partial charge in [-0.05, 0) is 46.4 Å². The average Bonchev–Trinajstić information content (AvgIpc) is 2.97. The Labute approximate surface area is 256 Å². The molecule has 1 aromatic heterocycles. The van der Waals surface area contributed by atoms with E-state index in [1.165, 1.54) is 19.4 Å². The summed E-state index contributed by atoms with van der Waals surface area (Å²) in [5.74, 6) is -0.0373. The van der Waals surface area contributed by atoms with E-state index in [2.05, 4.69) is 14.7 Å². The van der Waals surface area contributed by atoms with Crippen molar-refractivity contribution < 1.29 is 27.4 Å². The number of rotatable bonds is 10. The van der Waals surface area contributed by atoms with E-state index in [9.17, 15) is 18.0 Å². The Hall–Kier alpha value is -4.90. The first-order chi connectivity index (χ1) is 20.8. The molecule has 44 heavy (non-hydrogen) atoms. The molecule has 0 bridgehead atoms. The number of benzene rings is 3. The van der Waals surface area contributed by atoms with E-state index in [0.717, 1.165) is 17.4 Å². The van der Waals surface area contributed by atoms with E-state index < -0.39 is 16.0 Å². The second kappa shape index (κ2) is 13.2. The Balaban J connectivity index is 1.76. The first-order valence-electron chi connectivity index (χ1n) is 13.7. The molecule has 0 aliphatic carbocycles. The first kappa shape index (κ1) is 32.0. The van der Waals surface area contributed by atoms with Crippen LogP contribution in [0.1, 0.15) is 53.4 Å². The number of hydrogen-bond donors (Lipinski definition) is 2. The summed E-state index contributed by atoms with van der Waals surface area (Å²) in [6.45, 7) is 6.36. The minimum atomic E-state index is -3.55. The molecule has 0 saturated heterocycles. The topological polar surface area (TPSA) is 137 Å². The van der Waals surface area contributed by atoms with Crippen molar-refractivity contribution in [2.24, 2.45) is 0 Å². The number of nitrogens with zero attached hydrogens (tertiary/aromatic N) is 1. The molecule has 0 fully saturated rings. The average molecular weight is 618 g/mol. The van der Waals surface area contributed by atoms with Crippen LogP contribution in [0.4, 0.5) is 5.69 Å². The van der Waals surface area contributed by atoms with Gasteiger partial charge >= 0.3 is 5.97 Å². The van der Waals surface area contributed by atoms with Crippen LogP contribution in [-0.4, -0.2) is 44.8 Å². The van der Waals surface area contributed by atoms with E-state index in [1.807, 2.05) is 57.2 Å². The van der Waals surface area contributed by atoms with Gasteiger partial charge in [-0.15, -0.1) is 0 Å². The van der Waals surface area contributed by atoms with Gasteiger partial charge in [-0.3, -0.25) is 14.5 Å². The number of carbonyl (C=O) groups is 1. The lowest BCUT2D eigenvalue weighted by atomic mass is 9.83. The van der Waals surface area contributed by atoms with Crippen LogP contribution in [0.5, 0.6) is 11.8 Å². The predicted molar refractivity (Wildman–Crippen MR) is 171 cm³/mol. The van der Waals surface area contributed by atoms with Gasteiger partial charge in [0.2, 0.25) is 10.0 Å². The summed E-state index contributed by atoms with van der Waals surface area (Å²) in [7, 11) is -0.736. The molecular weight excluding hydrogens is 582 g/mol. The number of hydrogen-bond acceptors (Lipinski definition) is 8. The molecule has 11 heteroatoms. The van der Waals surface area contributed by atoms with Gasteiger partial charge in [-0.1, -0.05) is 69.3 Å². The molecule has 0 amide bonds. The maximum atomic E-state index is 13.2. The van der Waals surface area contributed by atoms with E-state index in [0.29, 0.717) is 28.0 Å². The van der Waals surface area contributed by atoms with Crippen LogP contribution in [0.25, 0.3) is 23.3 Å². The Morgan fingerprint density at radius 2 is 1.70 bits per heavy atom. The molecule has 2 N–H and O–H groups in total. The SMILES string of the molecule is COC(=O)c1cc(NS(C)(=O)=O)ccc1C=Cc1cc(-c2cnc(OCc3ccccc3)[nH]c2=O)cc(C(C)(C)C)c1OC. The van der Waals surface area contributed by atoms with Crippen molar-refractivity contribution in [2.75, 3.05) is 25.2 Å². The molecule has 4 aromatic rings. The highest BCUT2D eigenvalue weighted by molar-refractivity contribution is 7.92. The smallest absolute Gasteiger partial charge is 0.338 e. The van der Waals surface area contributed by atoms with Gasteiger partial charge in [0.15, 0.2) is 0 Å². The maximum absolute atomic E-state index is 13.2. The van der Waals surface area contributed by atoms with Gasteiger partial charge in [-0.25, -0.2) is 18.2 Å². The van der Waals surface area contributed by atoms with Gasteiger partial charge in [0.25, 0.3) is 11.6 Å². The maximum Gasteiger partial charge on any atom is 0.338 e. The third-order valence-electron chi connectivity index (χ3n) is 6.64. The second-order valence-electron chi connectivity index (χ2n) is 11.1. The van der Waals surface area contributed by atoms with Crippen molar-refractivity contribution in [3.63, 3.8) is 0 Å². The van der Waals surface area contributed by atoms with Crippen molar-refractivity contribution in [1.82, 2.24) is 9.97 Å². The fraction of sp³-hybridized carbons (Fsp3) is 0.242. The molecular formula is C33H35N3O7S. The summed E-state index contributed by atoms with van der Waals surface area (Å²) < 4.78 is 42.3. The number of H-pyrrole nitrogens is 1. The molecule has 0 saturated carbocycles. The number of anilines is 1. The van der Waals surface area contributed by atoms with Gasteiger partial charge in [0.1, 0.15) is 12.4 Å². The van der Waals surface area contributed by atoms with Crippen molar-refractivity contribution in [2.45, 2.75) is 32.8 Å². The summed E-state index contributed by atoms with van der Waals surface area (Å²) in [4.78, 5) is 32.9. The van der Waals surface area contributed by atoms with Gasteiger partial charge in [0, 0.05) is 23.0 Å². The molecule has 0 atom stereocenters. The highest BCUT2D eigenvalue weighted by Gasteiger charge is 2.23. The molecule has 0 unspecified atom stereocenters. The number of aromatic amines is 1. The summed E-state index contributed by atoms with van der Waals surface area (Å²) >= 11 is 0. The highest BCUT2D eigenvalue weighted by atomic mass is 32.2. The summed E-state index contributed by atoms with van der Waals surface area (Å²) in [6, 6.07) is 17.9. The fourth-order valence-electron chi connectivity index (χ4n) is 4.54. The number of carbonyl (C=O) groups excluding carboxylic acids is 1. The highest BCUT2D eigenvalue weighted by Crippen LogP contribution is 2.38. The van der Waals surface area contributed by atoms with Crippen LogP contribution in [0, 0.1) is 0 Å². The van der Waals surface area contributed by atoms with Crippen LogP contribution in [0.15, 0.2) is 71.7 Å². The van der Waals surface area contributed by atoms with E-state index in [4.69, 9.17) is 14.2 Å². The molecule has 0 aliphatic rings.